The van der Waals surface area contributed by atoms with Crippen molar-refractivity contribution in [2.75, 3.05) is 12.4 Å². The van der Waals surface area contributed by atoms with Gasteiger partial charge in [-0.1, -0.05) is 52.9 Å². The van der Waals surface area contributed by atoms with E-state index in [1.54, 1.807) is 36.9 Å². The second-order valence-corrected chi connectivity index (χ2v) is 10.4. The zero-order valence-electron chi connectivity index (χ0n) is 17.3. The zero-order valence-corrected chi connectivity index (χ0v) is 20.6. The van der Waals surface area contributed by atoms with Crippen LogP contribution < -0.4 is 0 Å². The van der Waals surface area contributed by atoms with Gasteiger partial charge in [0.15, 0.2) is 0 Å². The lowest BCUT2D eigenvalue weighted by molar-refractivity contribution is 0.0526. The molecule has 2 rings (SSSR count). The normalized spacial score (nSPS) is 12.6. The van der Waals surface area contributed by atoms with Gasteiger partial charge in [-0.2, -0.15) is 20.5 Å². The van der Waals surface area contributed by atoms with Crippen molar-refractivity contribution in [1.29, 1.82) is 0 Å². The van der Waals surface area contributed by atoms with Gasteiger partial charge in [0.25, 0.3) is 0 Å². The minimum absolute atomic E-state index is 0.0351. The van der Waals surface area contributed by atoms with Crippen LogP contribution in [0.25, 0.3) is 0 Å². The van der Waals surface area contributed by atoms with Crippen molar-refractivity contribution in [2.24, 2.45) is 5.92 Å². The smallest absolute Gasteiger partial charge is 0.399 e. The summed E-state index contributed by atoms with van der Waals surface area (Å²) in [4.78, 5) is 29.6. The summed E-state index contributed by atoms with van der Waals surface area (Å²) in [6.45, 7) is 3.99. The predicted molar refractivity (Wildman–Crippen MR) is 125 cm³/mol. The monoisotopic (exact) mass is 546 g/mol. The van der Waals surface area contributed by atoms with Gasteiger partial charge >= 0.3 is 19.2 Å². The zero-order chi connectivity index (χ0) is 23.9. The van der Waals surface area contributed by atoms with Gasteiger partial charge in [-0.15, -0.1) is 0 Å². The van der Waals surface area contributed by atoms with Crippen LogP contribution in [0.3, 0.4) is 0 Å². The van der Waals surface area contributed by atoms with Gasteiger partial charge in [-0.05, 0) is 36.8 Å². The summed E-state index contributed by atoms with van der Waals surface area (Å²) >= 11 is 4.54. The van der Waals surface area contributed by atoms with Crippen LogP contribution in [0.2, 0.25) is 0 Å². The van der Waals surface area contributed by atoms with Crippen molar-refractivity contribution in [2.45, 2.75) is 25.3 Å². The number of thioether (sulfide) groups is 1. The molecule has 0 heterocycles. The van der Waals surface area contributed by atoms with E-state index in [9.17, 15) is 18.1 Å². The molecule has 0 radical (unpaired) electrons. The van der Waals surface area contributed by atoms with Gasteiger partial charge in [0.05, 0.1) is 12.2 Å². The van der Waals surface area contributed by atoms with Crippen LogP contribution in [-0.2, 0) is 20.7 Å². The van der Waals surface area contributed by atoms with Crippen LogP contribution in [-0.4, -0.2) is 28.1 Å². The number of halogens is 3. The molecule has 1 unspecified atom stereocenters. The maximum Gasteiger partial charge on any atom is 0.399 e. The highest BCUT2D eigenvalue weighted by molar-refractivity contribution is 9.10. The Labute approximate surface area is 198 Å². The molecule has 0 saturated carbocycles. The van der Waals surface area contributed by atoms with Gasteiger partial charge in [-0.25, -0.2) is 4.79 Å². The van der Waals surface area contributed by atoms with E-state index in [2.05, 4.69) is 27.8 Å². The van der Waals surface area contributed by atoms with E-state index in [-0.39, 0.29) is 10.4 Å². The summed E-state index contributed by atoms with van der Waals surface area (Å²) in [6, 6.07) is 10.8. The number of ether oxygens (including phenoxy) is 1. The Hall–Kier alpha value is -1.69. The average Bonchev–Trinajstić information content (AvgIpc) is 2.71. The largest absolute Gasteiger partial charge is 0.462 e. The van der Waals surface area contributed by atoms with Gasteiger partial charge < -0.3 is 14.5 Å². The van der Waals surface area contributed by atoms with E-state index in [0.29, 0.717) is 29.2 Å². The highest BCUT2D eigenvalue weighted by atomic mass is 79.9. The molecule has 5 nitrogen and oxygen atoms in total. The number of rotatable bonds is 8. The van der Waals surface area contributed by atoms with Crippen molar-refractivity contribution in [1.82, 2.24) is 0 Å². The minimum Gasteiger partial charge on any atom is -0.462 e. The molecular weight excluding hydrogens is 525 g/mol. The van der Waals surface area contributed by atoms with Gasteiger partial charge in [-0.3, -0.25) is 4.57 Å². The summed E-state index contributed by atoms with van der Waals surface area (Å²) in [7, 11) is -5.62. The van der Waals surface area contributed by atoms with Gasteiger partial charge in [0, 0.05) is 33.0 Å². The highest BCUT2D eigenvalue weighted by Gasteiger charge is 2.51. The lowest BCUT2D eigenvalue weighted by Gasteiger charge is -2.19. The van der Waals surface area contributed by atoms with Crippen molar-refractivity contribution >= 4 is 41.3 Å². The average molecular weight is 547 g/mol. The molecule has 2 aromatic carbocycles. The van der Waals surface area contributed by atoms with Gasteiger partial charge in [0.1, 0.15) is 0 Å². The Kier molecular flexibility index (Phi) is 9.50. The number of carbonyl (C=O) groups is 1. The highest BCUT2D eigenvalue weighted by Crippen LogP contribution is 2.60. The van der Waals surface area contributed by atoms with Crippen LogP contribution in [0.1, 0.15) is 40.9 Å². The fraction of sp³-hybridized carbons (Fsp3) is 0.318. The summed E-state index contributed by atoms with van der Waals surface area (Å²) in [5.74, 6) is 7.01. The van der Waals surface area contributed by atoms with Crippen LogP contribution in [0.5, 0.6) is 0 Å². The number of carbonyl (C=O) groups excluding carboxylic acids is 1. The predicted octanol–water partition coefficient (Wildman–Crippen LogP) is 5.77. The molecule has 0 spiro atoms. The molecule has 0 aliphatic carbocycles. The molecule has 0 aliphatic rings. The summed E-state index contributed by atoms with van der Waals surface area (Å²) in [6.07, 6.45) is 0. The molecule has 0 saturated heterocycles. The molecule has 1 atom stereocenters. The molecule has 0 fully saturated rings. The van der Waals surface area contributed by atoms with Gasteiger partial charge in [0.2, 0.25) is 0 Å². The molecular formula is C22H22BrF2O5PS. The van der Waals surface area contributed by atoms with Crippen molar-refractivity contribution in [3.63, 3.8) is 0 Å². The molecule has 2 aromatic rings. The number of hydrogen-bond acceptors (Lipinski definition) is 4. The Morgan fingerprint density at radius 1 is 1.28 bits per heavy atom. The first-order chi connectivity index (χ1) is 15.0. The van der Waals surface area contributed by atoms with E-state index in [4.69, 9.17) is 14.5 Å². The van der Waals surface area contributed by atoms with E-state index in [1.807, 2.05) is 13.0 Å². The summed E-state index contributed by atoms with van der Waals surface area (Å²) in [5.41, 5.74) is -3.12. The van der Waals surface area contributed by atoms with Crippen LogP contribution in [0, 0.1) is 17.8 Å². The molecule has 10 heteroatoms. The first-order valence-corrected chi connectivity index (χ1v) is 13.1. The number of alkyl halides is 2. The molecule has 2 N–H and O–H groups in total. The maximum absolute atomic E-state index is 13.9. The maximum atomic E-state index is 13.9. The fourth-order valence-electron chi connectivity index (χ4n) is 2.59. The summed E-state index contributed by atoms with van der Waals surface area (Å²) < 4.78 is 43.8. The number of hydrogen-bond donors (Lipinski definition) is 2. The molecule has 0 bridgehead atoms. The number of benzene rings is 2. The van der Waals surface area contributed by atoms with Crippen LogP contribution in [0.4, 0.5) is 8.78 Å². The summed E-state index contributed by atoms with van der Waals surface area (Å²) in [5, 5.41) is 0. The Balaban J connectivity index is 1.95. The van der Waals surface area contributed by atoms with Crippen molar-refractivity contribution < 1.29 is 32.7 Å². The molecule has 172 valence electrons. The third-order valence-corrected chi connectivity index (χ3v) is 7.10. The lowest BCUT2D eigenvalue weighted by atomic mass is 10.1. The van der Waals surface area contributed by atoms with E-state index >= 15 is 0 Å². The van der Waals surface area contributed by atoms with Crippen LogP contribution >= 0.6 is 35.3 Å². The van der Waals surface area contributed by atoms with Crippen molar-refractivity contribution in [3.8, 4) is 11.8 Å². The van der Waals surface area contributed by atoms with Crippen molar-refractivity contribution in [3.05, 3.63) is 69.2 Å². The van der Waals surface area contributed by atoms with E-state index < -0.39 is 24.8 Å². The lowest BCUT2D eigenvalue weighted by Crippen LogP contribution is -2.14. The Morgan fingerprint density at radius 2 is 2.00 bits per heavy atom. The molecule has 0 amide bonds. The molecule has 0 aliphatic heterocycles. The second-order valence-electron chi connectivity index (χ2n) is 6.89. The first kappa shape index (κ1) is 26.6. The third-order valence-electron chi connectivity index (χ3n) is 4.20. The SMILES string of the molecule is CCOC(=O)c1cccc(C#CC(C)CSCc2ccc(C(F)(F)P(=O)(O)O)c(Br)c2)c1. The topological polar surface area (TPSA) is 83.8 Å². The standard InChI is InChI=1S/C22H22BrF2O5PS/c1-3-30-21(26)18-6-4-5-16(11-18)8-7-15(2)13-32-14-17-9-10-19(20(23)12-17)22(24,25)31(27,28)29/h4-6,9-12,15H,3,13-14H2,1-2H3,(H2,27,28,29). The first-order valence-electron chi connectivity index (χ1n) is 9.54. The third kappa shape index (κ3) is 7.16. The second kappa shape index (κ2) is 11.4. The number of esters is 1. The minimum atomic E-state index is -5.62. The van der Waals surface area contributed by atoms with E-state index in [1.165, 1.54) is 12.1 Å². The Bertz CT molecular complexity index is 1080. The Morgan fingerprint density at radius 3 is 2.62 bits per heavy atom. The van der Waals surface area contributed by atoms with E-state index in [0.717, 1.165) is 11.6 Å². The molecule has 0 aromatic heterocycles. The quantitative estimate of drug-likeness (QED) is 0.248. The fourth-order valence-corrected chi connectivity index (χ4v) is 4.90. The molecule has 32 heavy (non-hydrogen) atoms. The van der Waals surface area contributed by atoms with Crippen LogP contribution in [0.15, 0.2) is 46.9 Å².